The number of nitrogen functional groups attached to an aromatic ring is 1. The van der Waals surface area contributed by atoms with Crippen LogP contribution in [0.4, 0.5) is 5.82 Å². The van der Waals surface area contributed by atoms with Gasteiger partial charge >= 0.3 is 0 Å². The molecule has 0 amide bonds. The molecule has 0 unspecified atom stereocenters. The van der Waals surface area contributed by atoms with Gasteiger partial charge in [-0.1, -0.05) is 29.4 Å². The molecule has 0 bridgehead atoms. The largest absolute Gasteiger partial charge is 0.381 e. The molecule has 0 atom stereocenters. The summed E-state index contributed by atoms with van der Waals surface area (Å²) in [6.45, 7) is 0. The van der Waals surface area contributed by atoms with Crippen molar-refractivity contribution in [2.75, 3.05) is 17.7 Å². The van der Waals surface area contributed by atoms with Gasteiger partial charge in [-0.2, -0.15) is 0 Å². The van der Waals surface area contributed by atoms with Crippen LogP contribution in [0.1, 0.15) is 5.56 Å². The van der Waals surface area contributed by atoms with Gasteiger partial charge in [0.25, 0.3) is 0 Å². The van der Waals surface area contributed by atoms with Crippen molar-refractivity contribution >= 4 is 15.7 Å². The molecule has 0 aliphatic rings. The lowest BCUT2D eigenvalue weighted by Crippen LogP contribution is -2.05. The van der Waals surface area contributed by atoms with E-state index in [0.29, 0.717) is 18.0 Å². The molecule has 2 N–H and O–H groups in total. The Hall–Kier alpha value is -1.82. The van der Waals surface area contributed by atoms with Gasteiger partial charge in [-0.3, -0.25) is 0 Å². The average molecular weight is 266 g/mol. The van der Waals surface area contributed by atoms with E-state index >= 15 is 0 Å². The van der Waals surface area contributed by atoms with Gasteiger partial charge in [0.1, 0.15) is 9.84 Å². The molecule has 0 saturated carbocycles. The number of hydrogen-bond acceptors (Lipinski definition) is 5. The summed E-state index contributed by atoms with van der Waals surface area (Å²) in [5.41, 5.74) is 7.30. The van der Waals surface area contributed by atoms with Crippen LogP contribution in [-0.2, 0) is 16.3 Å². The van der Waals surface area contributed by atoms with Crippen LogP contribution >= 0.6 is 0 Å². The van der Waals surface area contributed by atoms with Crippen LogP contribution in [0.25, 0.3) is 11.3 Å². The highest BCUT2D eigenvalue weighted by Gasteiger charge is 2.06. The maximum absolute atomic E-state index is 11.1. The second-order valence-electron chi connectivity index (χ2n) is 4.19. The highest BCUT2D eigenvalue weighted by Crippen LogP contribution is 2.21. The number of benzene rings is 1. The summed E-state index contributed by atoms with van der Waals surface area (Å²) in [4.78, 5) is 0. The second kappa shape index (κ2) is 4.81. The summed E-state index contributed by atoms with van der Waals surface area (Å²) in [5.74, 6) is 1.09. The number of aromatic nitrogens is 1. The Morgan fingerprint density at radius 3 is 2.44 bits per heavy atom. The maximum atomic E-state index is 11.1. The number of hydrogen-bond donors (Lipinski definition) is 1. The number of aryl methyl sites for hydroxylation is 1. The van der Waals surface area contributed by atoms with Gasteiger partial charge in [-0.25, -0.2) is 8.42 Å². The summed E-state index contributed by atoms with van der Waals surface area (Å²) in [6, 6.07) is 9.11. The van der Waals surface area contributed by atoms with Crippen molar-refractivity contribution in [3.63, 3.8) is 0 Å². The molecule has 96 valence electrons. The molecular weight excluding hydrogens is 252 g/mol. The zero-order chi connectivity index (χ0) is 13.2. The quantitative estimate of drug-likeness (QED) is 0.906. The van der Waals surface area contributed by atoms with Gasteiger partial charge < -0.3 is 10.3 Å². The van der Waals surface area contributed by atoms with Gasteiger partial charge in [0.2, 0.25) is 0 Å². The summed E-state index contributed by atoms with van der Waals surface area (Å²) in [7, 11) is -2.93. The van der Waals surface area contributed by atoms with Gasteiger partial charge in [-0.15, -0.1) is 0 Å². The van der Waals surface area contributed by atoms with E-state index in [0.717, 1.165) is 11.1 Å². The van der Waals surface area contributed by atoms with E-state index in [-0.39, 0.29) is 5.75 Å². The molecule has 6 heteroatoms. The second-order valence-corrected chi connectivity index (χ2v) is 6.45. The minimum Gasteiger partial charge on any atom is -0.381 e. The van der Waals surface area contributed by atoms with Crippen LogP contribution in [0.2, 0.25) is 0 Å². The lowest BCUT2D eigenvalue weighted by atomic mass is 10.1. The standard InChI is InChI=1S/C12H14N2O3S/c1-18(15,16)7-6-9-2-4-10(5-3-9)11-8-12(13)14-17-11/h2-5,8H,6-7H2,1H3,(H2,13,14). The fourth-order valence-corrected chi connectivity index (χ4v) is 2.17. The Morgan fingerprint density at radius 1 is 1.28 bits per heavy atom. The predicted octanol–water partition coefficient (Wildman–Crippen LogP) is 1.51. The summed E-state index contributed by atoms with van der Waals surface area (Å²) >= 11 is 0. The van der Waals surface area contributed by atoms with Crippen molar-refractivity contribution in [3.8, 4) is 11.3 Å². The van der Waals surface area contributed by atoms with Crippen LogP contribution in [0.3, 0.4) is 0 Å². The molecule has 2 rings (SSSR count). The molecule has 18 heavy (non-hydrogen) atoms. The molecule has 0 aliphatic heterocycles. The molecule has 0 fully saturated rings. The van der Waals surface area contributed by atoms with E-state index in [1.165, 1.54) is 6.26 Å². The average Bonchev–Trinajstić information content (AvgIpc) is 2.73. The summed E-state index contributed by atoms with van der Waals surface area (Å²) in [5, 5.41) is 3.61. The van der Waals surface area contributed by atoms with Crippen LogP contribution < -0.4 is 5.73 Å². The summed E-state index contributed by atoms with van der Waals surface area (Å²) < 4.78 is 27.2. The predicted molar refractivity (Wildman–Crippen MR) is 69.8 cm³/mol. The van der Waals surface area contributed by atoms with Crippen LogP contribution in [-0.4, -0.2) is 25.6 Å². The van der Waals surface area contributed by atoms with Gasteiger partial charge in [0, 0.05) is 17.9 Å². The first kappa shape index (κ1) is 12.6. The first-order valence-corrected chi connectivity index (χ1v) is 7.49. The first-order chi connectivity index (χ1) is 8.44. The maximum Gasteiger partial charge on any atom is 0.169 e. The minimum atomic E-state index is -2.93. The van der Waals surface area contributed by atoms with Gasteiger partial charge in [0.15, 0.2) is 11.6 Å². The Morgan fingerprint density at radius 2 is 1.94 bits per heavy atom. The van der Waals surface area contributed by atoms with Crippen LogP contribution in [0.15, 0.2) is 34.9 Å². The molecule has 2 aromatic rings. The Bertz CT molecular complexity index is 630. The zero-order valence-corrected chi connectivity index (χ0v) is 10.8. The minimum absolute atomic E-state index is 0.154. The van der Waals surface area contributed by atoms with Crippen LogP contribution in [0, 0.1) is 0 Å². The normalized spacial score (nSPS) is 11.6. The first-order valence-electron chi connectivity index (χ1n) is 5.43. The molecule has 0 saturated heterocycles. The Balaban J connectivity index is 2.10. The van der Waals surface area contributed by atoms with Crippen molar-refractivity contribution in [1.29, 1.82) is 0 Å². The van der Waals surface area contributed by atoms with Crippen LogP contribution in [0.5, 0.6) is 0 Å². The van der Waals surface area contributed by atoms with Gasteiger partial charge in [-0.05, 0) is 12.0 Å². The highest BCUT2D eigenvalue weighted by molar-refractivity contribution is 7.90. The number of nitrogens with zero attached hydrogens (tertiary/aromatic N) is 1. The fraction of sp³-hybridized carbons (Fsp3) is 0.250. The molecular formula is C12H14N2O3S. The van der Waals surface area contributed by atoms with E-state index in [2.05, 4.69) is 5.16 Å². The van der Waals surface area contributed by atoms with Crippen molar-refractivity contribution in [2.24, 2.45) is 0 Å². The number of nitrogens with two attached hydrogens (primary N) is 1. The number of anilines is 1. The Labute approximate surface area is 106 Å². The fourth-order valence-electron chi connectivity index (χ4n) is 1.56. The monoisotopic (exact) mass is 266 g/mol. The van der Waals surface area contributed by atoms with E-state index in [1.54, 1.807) is 6.07 Å². The molecule has 5 nitrogen and oxygen atoms in total. The SMILES string of the molecule is CS(=O)(=O)CCc1ccc(-c2cc(N)no2)cc1. The third-order valence-corrected chi connectivity index (χ3v) is 3.47. The van der Waals surface area contributed by atoms with Crippen molar-refractivity contribution in [3.05, 3.63) is 35.9 Å². The number of rotatable bonds is 4. The highest BCUT2D eigenvalue weighted by atomic mass is 32.2. The third-order valence-electron chi connectivity index (χ3n) is 2.53. The lowest BCUT2D eigenvalue weighted by molar-refractivity contribution is 0.436. The molecule has 0 aliphatic carbocycles. The van der Waals surface area contributed by atoms with E-state index in [1.807, 2.05) is 24.3 Å². The summed E-state index contributed by atoms with van der Waals surface area (Å²) in [6.07, 6.45) is 1.75. The molecule has 0 spiro atoms. The lowest BCUT2D eigenvalue weighted by Gasteiger charge is -2.01. The van der Waals surface area contributed by atoms with Crippen molar-refractivity contribution in [2.45, 2.75) is 6.42 Å². The van der Waals surface area contributed by atoms with E-state index < -0.39 is 9.84 Å². The zero-order valence-electron chi connectivity index (χ0n) is 9.96. The Kier molecular flexibility index (Phi) is 3.38. The van der Waals surface area contributed by atoms with Crippen molar-refractivity contribution < 1.29 is 12.9 Å². The number of sulfone groups is 1. The van der Waals surface area contributed by atoms with Crippen molar-refractivity contribution in [1.82, 2.24) is 5.16 Å². The van der Waals surface area contributed by atoms with Gasteiger partial charge in [0.05, 0.1) is 5.75 Å². The molecule has 1 aromatic heterocycles. The topological polar surface area (TPSA) is 86.2 Å². The molecule has 0 radical (unpaired) electrons. The molecule has 1 aromatic carbocycles. The van der Waals surface area contributed by atoms with E-state index in [9.17, 15) is 8.42 Å². The molecule has 1 heterocycles. The van der Waals surface area contributed by atoms with E-state index in [4.69, 9.17) is 10.3 Å². The third kappa shape index (κ3) is 3.33. The smallest absolute Gasteiger partial charge is 0.169 e.